The van der Waals surface area contributed by atoms with Crippen molar-refractivity contribution >= 4 is 40.4 Å². The van der Waals surface area contributed by atoms with Crippen LogP contribution in [0.25, 0.3) is 10.9 Å². The van der Waals surface area contributed by atoms with Crippen LogP contribution in [0.5, 0.6) is 0 Å². The Morgan fingerprint density at radius 1 is 0.865 bits per heavy atom. The Morgan fingerprint density at radius 3 is 2.46 bits per heavy atom. The van der Waals surface area contributed by atoms with Crippen molar-refractivity contribution in [1.29, 1.82) is 0 Å². The number of rotatable bonds is 6. The SMILES string of the molecule is O=C(Cc1ccccc1F)N1CCCN(C(=O)c2ccc(NSc3cccc4cccnc34)cc2)CC1. The Morgan fingerprint density at radius 2 is 1.62 bits per heavy atom. The van der Waals surface area contributed by atoms with Crippen LogP contribution in [0.1, 0.15) is 22.3 Å². The molecule has 3 aromatic carbocycles. The molecule has 5 rings (SSSR count). The molecule has 1 aliphatic rings. The number of nitrogens with one attached hydrogen (secondary N) is 1. The van der Waals surface area contributed by atoms with Gasteiger partial charge in [-0.1, -0.05) is 36.4 Å². The van der Waals surface area contributed by atoms with Crippen molar-refractivity contribution in [1.82, 2.24) is 14.8 Å². The standard InChI is InChI=1S/C29H27FN4O2S/c30-25-9-2-1-6-23(25)20-27(35)33-16-5-17-34(19-18-33)29(36)22-11-13-24(14-12-22)32-37-26-10-3-7-21-8-4-15-31-28(21)26/h1-4,6-15,32H,5,16-20H2. The molecular weight excluding hydrogens is 487 g/mol. The van der Waals surface area contributed by atoms with Gasteiger partial charge in [0.25, 0.3) is 5.91 Å². The first-order valence-corrected chi connectivity index (χ1v) is 13.1. The van der Waals surface area contributed by atoms with Gasteiger partial charge < -0.3 is 14.5 Å². The van der Waals surface area contributed by atoms with Crippen LogP contribution in [0, 0.1) is 5.82 Å². The second kappa shape index (κ2) is 11.4. The topological polar surface area (TPSA) is 65.5 Å². The molecule has 188 valence electrons. The van der Waals surface area contributed by atoms with Crippen LogP contribution in [0.2, 0.25) is 0 Å². The highest BCUT2D eigenvalue weighted by Crippen LogP contribution is 2.27. The van der Waals surface area contributed by atoms with E-state index in [0.717, 1.165) is 21.5 Å². The van der Waals surface area contributed by atoms with E-state index in [1.165, 1.54) is 18.0 Å². The van der Waals surface area contributed by atoms with Crippen molar-refractivity contribution in [3.63, 3.8) is 0 Å². The van der Waals surface area contributed by atoms with Gasteiger partial charge in [0, 0.05) is 49.0 Å². The van der Waals surface area contributed by atoms with Gasteiger partial charge in [0.2, 0.25) is 5.91 Å². The highest BCUT2D eigenvalue weighted by atomic mass is 32.2. The molecule has 0 unspecified atom stereocenters. The van der Waals surface area contributed by atoms with Crippen LogP contribution in [0.4, 0.5) is 10.1 Å². The lowest BCUT2D eigenvalue weighted by atomic mass is 10.1. The number of carbonyl (C=O) groups excluding carboxylic acids is 2. The van der Waals surface area contributed by atoms with E-state index < -0.39 is 0 Å². The average Bonchev–Trinajstić information content (AvgIpc) is 3.20. The van der Waals surface area contributed by atoms with Crippen LogP contribution >= 0.6 is 11.9 Å². The van der Waals surface area contributed by atoms with E-state index >= 15 is 0 Å². The number of halogens is 1. The van der Waals surface area contributed by atoms with Gasteiger partial charge >= 0.3 is 0 Å². The fourth-order valence-electron chi connectivity index (χ4n) is 4.42. The van der Waals surface area contributed by atoms with Gasteiger partial charge in [-0.15, -0.1) is 0 Å². The third-order valence-electron chi connectivity index (χ3n) is 6.44. The molecule has 4 aromatic rings. The fourth-order valence-corrected chi connectivity index (χ4v) is 5.20. The van der Waals surface area contributed by atoms with Crippen molar-refractivity contribution in [3.05, 3.63) is 102 Å². The van der Waals surface area contributed by atoms with Gasteiger partial charge in [-0.3, -0.25) is 14.6 Å². The molecule has 0 bridgehead atoms. The van der Waals surface area contributed by atoms with Gasteiger partial charge in [0.05, 0.1) is 16.8 Å². The van der Waals surface area contributed by atoms with Crippen LogP contribution in [-0.2, 0) is 11.2 Å². The number of anilines is 1. The summed E-state index contributed by atoms with van der Waals surface area (Å²) in [5.41, 5.74) is 2.83. The predicted octanol–water partition coefficient (Wildman–Crippen LogP) is 5.41. The molecule has 2 heterocycles. The first-order valence-electron chi connectivity index (χ1n) is 12.3. The zero-order valence-electron chi connectivity index (χ0n) is 20.3. The monoisotopic (exact) mass is 514 g/mol. The van der Waals surface area contributed by atoms with E-state index in [1.54, 1.807) is 34.2 Å². The molecular formula is C29H27FN4O2S. The van der Waals surface area contributed by atoms with Gasteiger partial charge in [0.1, 0.15) is 5.82 Å². The molecule has 1 aromatic heterocycles. The summed E-state index contributed by atoms with van der Waals surface area (Å²) < 4.78 is 17.3. The highest BCUT2D eigenvalue weighted by molar-refractivity contribution is 8.00. The number of pyridine rings is 1. The van der Waals surface area contributed by atoms with Crippen LogP contribution < -0.4 is 4.72 Å². The lowest BCUT2D eigenvalue weighted by molar-refractivity contribution is -0.130. The molecule has 37 heavy (non-hydrogen) atoms. The quantitative estimate of drug-likeness (QED) is 0.349. The Balaban J connectivity index is 1.16. The molecule has 1 fully saturated rings. The average molecular weight is 515 g/mol. The minimum atomic E-state index is -0.368. The Bertz CT molecular complexity index is 1410. The van der Waals surface area contributed by atoms with Gasteiger partial charge in [0.15, 0.2) is 0 Å². The first kappa shape index (κ1) is 24.8. The number of aromatic nitrogens is 1. The summed E-state index contributed by atoms with van der Waals surface area (Å²) in [5.74, 6) is -0.540. The summed E-state index contributed by atoms with van der Waals surface area (Å²) in [6.45, 7) is 2.02. The number of benzene rings is 3. The number of fused-ring (bicyclic) bond motifs is 1. The van der Waals surface area contributed by atoms with Gasteiger partial charge in [-0.05, 0) is 66.4 Å². The molecule has 6 nitrogen and oxygen atoms in total. The summed E-state index contributed by atoms with van der Waals surface area (Å²) >= 11 is 1.48. The van der Waals surface area contributed by atoms with E-state index in [2.05, 4.69) is 9.71 Å². The summed E-state index contributed by atoms with van der Waals surface area (Å²) in [5, 5.41) is 1.08. The fraction of sp³-hybridized carbons (Fsp3) is 0.207. The lowest BCUT2D eigenvalue weighted by Crippen LogP contribution is -2.38. The van der Waals surface area contributed by atoms with Gasteiger partial charge in [-0.2, -0.15) is 0 Å². The second-order valence-corrected chi connectivity index (χ2v) is 9.76. The zero-order chi connectivity index (χ0) is 25.6. The number of carbonyl (C=O) groups is 2. The number of hydrogen-bond acceptors (Lipinski definition) is 5. The summed E-state index contributed by atoms with van der Waals surface area (Å²) in [4.78, 5) is 34.9. The summed E-state index contributed by atoms with van der Waals surface area (Å²) in [6.07, 6.45) is 2.50. The number of hydrogen-bond donors (Lipinski definition) is 1. The number of nitrogens with zero attached hydrogens (tertiary/aromatic N) is 3. The predicted molar refractivity (Wildman–Crippen MR) is 145 cm³/mol. The van der Waals surface area contributed by atoms with Crippen LogP contribution in [-0.4, -0.2) is 52.8 Å². The Hall–Kier alpha value is -3.91. The Labute approximate surface area is 219 Å². The molecule has 0 spiro atoms. The second-order valence-electron chi connectivity index (χ2n) is 8.91. The van der Waals surface area contributed by atoms with E-state index in [-0.39, 0.29) is 24.1 Å². The van der Waals surface area contributed by atoms with Crippen molar-refractivity contribution in [2.45, 2.75) is 17.7 Å². The normalized spacial score (nSPS) is 13.9. The third-order valence-corrected chi connectivity index (χ3v) is 7.33. The molecule has 0 radical (unpaired) electrons. The zero-order valence-corrected chi connectivity index (χ0v) is 21.1. The molecule has 0 saturated carbocycles. The van der Waals surface area contributed by atoms with Crippen LogP contribution in [0.15, 0.2) is 90.0 Å². The maximum atomic E-state index is 13.9. The van der Waals surface area contributed by atoms with Crippen molar-refractivity contribution in [2.75, 3.05) is 30.9 Å². The summed E-state index contributed by atoms with van der Waals surface area (Å²) in [7, 11) is 0. The molecule has 1 N–H and O–H groups in total. The van der Waals surface area contributed by atoms with E-state index in [0.29, 0.717) is 43.7 Å². The molecule has 2 amide bonds. The third kappa shape index (κ3) is 5.91. The smallest absolute Gasteiger partial charge is 0.253 e. The minimum Gasteiger partial charge on any atom is -0.341 e. The maximum Gasteiger partial charge on any atom is 0.253 e. The molecule has 0 atom stereocenters. The van der Waals surface area contributed by atoms with E-state index in [1.807, 2.05) is 54.6 Å². The van der Waals surface area contributed by atoms with E-state index in [9.17, 15) is 14.0 Å². The maximum absolute atomic E-state index is 13.9. The largest absolute Gasteiger partial charge is 0.341 e. The first-order chi connectivity index (χ1) is 18.1. The lowest BCUT2D eigenvalue weighted by Gasteiger charge is -2.22. The van der Waals surface area contributed by atoms with Crippen molar-refractivity contribution in [3.8, 4) is 0 Å². The van der Waals surface area contributed by atoms with Crippen LogP contribution in [0.3, 0.4) is 0 Å². The molecule has 1 aliphatic heterocycles. The molecule has 8 heteroatoms. The molecule has 1 saturated heterocycles. The number of para-hydroxylation sites is 1. The highest BCUT2D eigenvalue weighted by Gasteiger charge is 2.23. The van der Waals surface area contributed by atoms with Crippen molar-refractivity contribution < 1.29 is 14.0 Å². The Kier molecular flexibility index (Phi) is 7.65. The summed E-state index contributed by atoms with van der Waals surface area (Å²) in [6, 6.07) is 23.8. The van der Waals surface area contributed by atoms with Crippen molar-refractivity contribution in [2.24, 2.45) is 0 Å². The minimum absolute atomic E-state index is 0.0297. The number of amides is 2. The molecule has 0 aliphatic carbocycles. The van der Waals surface area contributed by atoms with Gasteiger partial charge in [-0.25, -0.2) is 4.39 Å². The van der Waals surface area contributed by atoms with E-state index in [4.69, 9.17) is 0 Å².